The molecule has 2 aromatic rings. The zero-order valence-electron chi connectivity index (χ0n) is 17.3. The van der Waals surface area contributed by atoms with Crippen molar-refractivity contribution in [1.29, 1.82) is 0 Å². The first-order valence-electron chi connectivity index (χ1n) is 9.05. The number of aryl methyl sites for hydroxylation is 1. The summed E-state index contributed by atoms with van der Waals surface area (Å²) < 4.78 is 1.99. The maximum absolute atomic E-state index is 11.9. The second-order valence-corrected chi connectivity index (χ2v) is 8.24. The fourth-order valence-corrected chi connectivity index (χ4v) is 3.55. The smallest absolute Gasteiger partial charge is 0.243 e. The van der Waals surface area contributed by atoms with E-state index in [9.17, 15) is 4.79 Å². The Bertz CT molecular complexity index is 797. The monoisotopic (exact) mass is 549 g/mol. The Morgan fingerprint density at radius 1 is 1.24 bits per heavy atom. The van der Waals surface area contributed by atoms with Gasteiger partial charge in [0.2, 0.25) is 5.91 Å². The normalized spacial score (nSPS) is 11.0. The number of thioether (sulfide) groups is 1. The van der Waals surface area contributed by atoms with Crippen LogP contribution in [0.3, 0.4) is 0 Å². The molecule has 1 N–H and O–H groups in total. The van der Waals surface area contributed by atoms with Gasteiger partial charge in [-0.05, 0) is 18.2 Å². The van der Waals surface area contributed by atoms with Gasteiger partial charge in [-0.25, -0.2) is 4.99 Å². The molecule has 0 radical (unpaired) electrons. The van der Waals surface area contributed by atoms with E-state index in [0.29, 0.717) is 17.5 Å². The van der Waals surface area contributed by atoms with Gasteiger partial charge in [0.05, 0.1) is 11.6 Å². The molecule has 1 aromatic carbocycles. The fraction of sp³-hybridized carbons (Fsp3) is 0.400. The van der Waals surface area contributed by atoms with Crippen molar-refractivity contribution in [3.8, 4) is 0 Å². The molecule has 0 aliphatic carbocycles. The number of benzene rings is 1. The quantitative estimate of drug-likeness (QED) is 0.180. The summed E-state index contributed by atoms with van der Waals surface area (Å²) in [6, 6.07) is 12.2. The minimum absolute atomic E-state index is 0. The van der Waals surface area contributed by atoms with Crippen molar-refractivity contribution in [2.75, 3.05) is 40.0 Å². The Labute approximate surface area is 199 Å². The van der Waals surface area contributed by atoms with Crippen LogP contribution in [0.5, 0.6) is 0 Å². The van der Waals surface area contributed by atoms with Gasteiger partial charge in [-0.3, -0.25) is 4.79 Å². The van der Waals surface area contributed by atoms with E-state index in [-0.39, 0.29) is 36.4 Å². The molecule has 0 spiro atoms. The summed E-state index contributed by atoms with van der Waals surface area (Å²) >= 11 is 7.87. The van der Waals surface area contributed by atoms with Gasteiger partial charge in [0.15, 0.2) is 5.96 Å². The van der Waals surface area contributed by atoms with Crippen LogP contribution in [0.1, 0.15) is 5.69 Å². The molecule has 9 heteroatoms. The van der Waals surface area contributed by atoms with Gasteiger partial charge in [-0.2, -0.15) is 0 Å². The maximum Gasteiger partial charge on any atom is 0.243 e. The van der Waals surface area contributed by atoms with E-state index in [1.807, 2.05) is 54.0 Å². The Balaban J connectivity index is 0.00000420. The van der Waals surface area contributed by atoms with Gasteiger partial charge in [0, 0.05) is 57.3 Å². The molecule has 0 saturated heterocycles. The highest BCUT2D eigenvalue weighted by Crippen LogP contribution is 2.16. The second kappa shape index (κ2) is 13.0. The number of carbonyl (C=O) groups excluding carboxylic acids is 1. The summed E-state index contributed by atoms with van der Waals surface area (Å²) in [5, 5.41) is 4.08. The number of hydrogen-bond donors (Lipinski definition) is 1. The molecule has 1 aromatic heterocycles. The number of aromatic nitrogens is 1. The molecule has 1 amide bonds. The minimum Gasteiger partial charge on any atom is -0.355 e. The molecule has 0 fully saturated rings. The predicted molar refractivity (Wildman–Crippen MR) is 133 cm³/mol. The molecule has 0 bridgehead atoms. The Kier molecular flexibility index (Phi) is 11.5. The molecule has 0 aliphatic heterocycles. The number of nitrogens with one attached hydrogen (secondary N) is 1. The summed E-state index contributed by atoms with van der Waals surface area (Å²) in [7, 11) is 7.39. The van der Waals surface area contributed by atoms with E-state index in [4.69, 9.17) is 11.6 Å². The van der Waals surface area contributed by atoms with Crippen LogP contribution in [0.15, 0.2) is 52.5 Å². The number of carbonyl (C=O) groups is 1. The summed E-state index contributed by atoms with van der Waals surface area (Å²) in [5.74, 6) is 1.56. The number of rotatable bonds is 8. The van der Waals surface area contributed by atoms with Crippen LogP contribution >= 0.6 is 47.3 Å². The highest BCUT2D eigenvalue weighted by molar-refractivity contribution is 14.0. The van der Waals surface area contributed by atoms with Crippen LogP contribution in [0.2, 0.25) is 5.02 Å². The topological polar surface area (TPSA) is 52.9 Å². The lowest BCUT2D eigenvalue weighted by Gasteiger charge is -2.23. The zero-order valence-corrected chi connectivity index (χ0v) is 21.2. The van der Waals surface area contributed by atoms with Crippen molar-refractivity contribution in [2.45, 2.75) is 11.4 Å². The van der Waals surface area contributed by atoms with Crippen LogP contribution in [-0.4, -0.2) is 66.2 Å². The molecule has 160 valence electrons. The Morgan fingerprint density at radius 3 is 2.52 bits per heavy atom. The number of halogens is 2. The number of nitrogens with zero attached hydrogens (tertiary/aromatic N) is 4. The third-order valence-electron chi connectivity index (χ3n) is 4.10. The molecule has 0 aliphatic rings. The van der Waals surface area contributed by atoms with E-state index in [1.54, 1.807) is 30.8 Å². The van der Waals surface area contributed by atoms with Crippen molar-refractivity contribution in [3.05, 3.63) is 53.3 Å². The van der Waals surface area contributed by atoms with Crippen molar-refractivity contribution < 1.29 is 4.79 Å². The Hall–Kier alpha value is -1.39. The summed E-state index contributed by atoms with van der Waals surface area (Å²) in [4.78, 5) is 21.2. The molecule has 6 nitrogen and oxygen atoms in total. The maximum atomic E-state index is 11.9. The van der Waals surface area contributed by atoms with Gasteiger partial charge < -0.3 is 19.7 Å². The lowest BCUT2D eigenvalue weighted by Crippen LogP contribution is -2.40. The van der Waals surface area contributed by atoms with E-state index < -0.39 is 0 Å². The van der Waals surface area contributed by atoms with E-state index in [0.717, 1.165) is 18.0 Å². The number of hydrogen-bond acceptors (Lipinski definition) is 3. The van der Waals surface area contributed by atoms with Crippen LogP contribution in [0, 0.1) is 0 Å². The largest absolute Gasteiger partial charge is 0.355 e. The van der Waals surface area contributed by atoms with Gasteiger partial charge >= 0.3 is 0 Å². The minimum atomic E-state index is -0.0340. The molecular formula is C20H29ClIN5OS. The molecular weight excluding hydrogens is 521 g/mol. The van der Waals surface area contributed by atoms with Crippen molar-refractivity contribution in [1.82, 2.24) is 19.7 Å². The highest BCUT2D eigenvalue weighted by Gasteiger charge is 2.12. The van der Waals surface area contributed by atoms with E-state index >= 15 is 0 Å². The number of amides is 1. The molecule has 2 rings (SSSR count). The average molecular weight is 550 g/mol. The van der Waals surface area contributed by atoms with E-state index in [1.165, 1.54) is 4.90 Å². The lowest BCUT2D eigenvalue weighted by molar-refractivity contribution is -0.127. The standard InChI is InChI=1S/C20H28ClN5OS.HI/c1-24(2)19(27)13-23-20(22-10-11-28-18-8-6-5-7-9-18)26(4)15-17-12-16(21)14-25(17)3;/h5-9,12,14H,10-11,13,15H2,1-4H3,(H,22,23);1H. The summed E-state index contributed by atoms with van der Waals surface area (Å²) in [6.45, 7) is 1.49. The molecule has 29 heavy (non-hydrogen) atoms. The van der Waals surface area contributed by atoms with Gasteiger partial charge in [0.25, 0.3) is 0 Å². The third-order valence-corrected chi connectivity index (χ3v) is 5.32. The highest BCUT2D eigenvalue weighted by atomic mass is 127. The molecule has 0 atom stereocenters. The predicted octanol–water partition coefficient (Wildman–Crippen LogP) is 3.55. The summed E-state index contributed by atoms with van der Waals surface area (Å²) in [5.41, 5.74) is 1.07. The van der Waals surface area contributed by atoms with Gasteiger partial charge in [-0.1, -0.05) is 29.8 Å². The fourth-order valence-electron chi connectivity index (χ4n) is 2.49. The summed E-state index contributed by atoms with van der Waals surface area (Å²) in [6.07, 6.45) is 1.88. The third kappa shape index (κ3) is 8.88. The average Bonchev–Trinajstić information content (AvgIpc) is 2.98. The van der Waals surface area contributed by atoms with Crippen LogP contribution in [0.4, 0.5) is 0 Å². The number of guanidine groups is 1. The number of aliphatic imine (C=N–C) groups is 1. The van der Waals surface area contributed by atoms with Crippen LogP contribution < -0.4 is 5.32 Å². The van der Waals surface area contributed by atoms with Gasteiger partial charge in [0.1, 0.15) is 6.54 Å². The van der Waals surface area contributed by atoms with Crippen molar-refractivity contribution >= 4 is 59.2 Å². The second-order valence-electron chi connectivity index (χ2n) is 6.63. The van der Waals surface area contributed by atoms with Crippen LogP contribution in [0.25, 0.3) is 0 Å². The number of likely N-dealkylation sites (N-methyl/N-ethyl adjacent to an activating group) is 1. The lowest BCUT2D eigenvalue weighted by atomic mass is 10.4. The molecule has 1 heterocycles. The van der Waals surface area contributed by atoms with Crippen LogP contribution in [-0.2, 0) is 18.4 Å². The zero-order chi connectivity index (χ0) is 20.5. The van der Waals surface area contributed by atoms with Crippen molar-refractivity contribution in [2.24, 2.45) is 12.0 Å². The first-order chi connectivity index (χ1) is 13.4. The van der Waals surface area contributed by atoms with E-state index in [2.05, 4.69) is 22.4 Å². The van der Waals surface area contributed by atoms with Crippen molar-refractivity contribution in [3.63, 3.8) is 0 Å². The van der Waals surface area contributed by atoms with Gasteiger partial charge in [-0.15, -0.1) is 35.7 Å². The first kappa shape index (κ1) is 25.6. The first-order valence-corrected chi connectivity index (χ1v) is 10.4. The SMILES string of the molecule is CN(C)C(=O)CN=C(NCCSc1ccccc1)N(C)Cc1cc(Cl)cn1C.I. The molecule has 0 saturated carbocycles. The molecule has 0 unspecified atom stereocenters. The Morgan fingerprint density at radius 2 is 1.93 bits per heavy atom.